The molecule has 1 fully saturated rings. The Bertz CT molecular complexity index is 756. The van der Waals surface area contributed by atoms with Gasteiger partial charge in [0, 0.05) is 51.0 Å². The lowest BCUT2D eigenvalue weighted by Gasteiger charge is -2.36. The topological polar surface area (TPSA) is 64.6 Å². The van der Waals surface area contributed by atoms with Gasteiger partial charge in [-0.25, -0.2) is 9.97 Å². The van der Waals surface area contributed by atoms with Crippen LogP contribution in [-0.2, 0) is 0 Å². The molecule has 1 aliphatic rings. The molecule has 7 heteroatoms. The Kier molecular flexibility index (Phi) is 6.24. The van der Waals surface area contributed by atoms with Gasteiger partial charge in [0.2, 0.25) is 0 Å². The number of likely N-dealkylation sites (N-methyl/N-ethyl adjacent to an activating group) is 1. The summed E-state index contributed by atoms with van der Waals surface area (Å²) >= 11 is 0. The average molecular weight is 368 g/mol. The van der Waals surface area contributed by atoms with Crippen molar-refractivity contribution in [3.05, 3.63) is 47.9 Å². The van der Waals surface area contributed by atoms with Gasteiger partial charge in [-0.2, -0.15) is 0 Å². The van der Waals surface area contributed by atoms with Crippen LogP contribution in [0.5, 0.6) is 0 Å². The molecular weight excluding hydrogens is 340 g/mol. The summed E-state index contributed by atoms with van der Waals surface area (Å²) in [5.74, 6) is 1.30. The molecule has 0 aliphatic carbocycles. The largest absolute Gasteiger partial charge is 0.368 e. The van der Waals surface area contributed by atoms with Crippen LogP contribution in [0, 0.1) is 6.92 Å². The number of hydrogen-bond acceptors (Lipinski definition) is 6. The third kappa shape index (κ3) is 5.17. The summed E-state index contributed by atoms with van der Waals surface area (Å²) in [5.41, 5.74) is 1.68. The summed E-state index contributed by atoms with van der Waals surface area (Å²) in [6, 6.07) is 12.2. The zero-order valence-corrected chi connectivity index (χ0v) is 16.4. The number of aryl methyl sites for hydroxylation is 1. The fourth-order valence-corrected chi connectivity index (χ4v) is 3.15. The van der Waals surface area contributed by atoms with Crippen molar-refractivity contribution in [1.29, 1.82) is 0 Å². The molecule has 0 radical (unpaired) electrons. The predicted octanol–water partition coefficient (Wildman–Crippen LogP) is 1.40. The van der Waals surface area contributed by atoms with Gasteiger partial charge in [0.25, 0.3) is 5.91 Å². The fourth-order valence-electron chi connectivity index (χ4n) is 3.15. The number of para-hydroxylation sites is 1. The second kappa shape index (κ2) is 8.81. The van der Waals surface area contributed by atoms with E-state index in [9.17, 15) is 4.79 Å². The third-order valence-electron chi connectivity index (χ3n) is 4.63. The molecule has 1 saturated heterocycles. The van der Waals surface area contributed by atoms with Gasteiger partial charge in [-0.3, -0.25) is 4.79 Å². The van der Waals surface area contributed by atoms with Crippen molar-refractivity contribution in [2.75, 3.05) is 63.2 Å². The van der Waals surface area contributed by atoms with E-state index in [4.69, 9.17) is 0 Å². The summed E-state index contributed by atoms with van der Waals surface area (Å²) in [5, 5.41) is 2.92. The zero-order valence-electron chi connectivity index (χ0n) is 16.4. The van der Waals surface area contributed by atoms with Gasteiger partial charge in [0.1, 0.15) is 17.3 Å². The lowest BCUT2D eigenvalue weighted by atomic mass is 10.2. The molecule has 0 unspecified atom stereocenters. The van der Waals surface area contributed by atoms with Gasteiger partial charge < -0.3 is 20.0 Å². The number of benzene rings is 1. The minimum absolute atomic E-state index is 0.147. The summed E-state index contributed by atoms with van der Waals surface area (Å²) in [4.78, 5) is 27.9. The average Bonchev–Trinajstić information content (AvgIpc) is 2.68. The second-order valence-corrected chi connectivity index (χ2v) is 7.03. The van der Waals surface area contributed by atoms with Crippen LogP contribution >= 0.6 is 0 Å². The lowest BCUT2D eigenvalue weighted by Crippen LogP contribution is -2.47. The highest BCUT2D eigenvalue weighted by atomic mass is 16.1. The number of amides is 1. The molecular formula is C20H28N6O. The molecule has 1 amide bonds. The molecule has 0 bridgehead atoms. The van der Waals surface area contributed by atoms with E-state index in [1.165, 1.54) is 5.69 Å². The van der Waals surface area contributed by atoms with Gasteiger partial charge in [-0.05, 0) is 33.2 Å². The van der Waals surface area contributed by atoms with Crippen LogP contribution in [0.3, 0.4) is 0 Å². The Morgan fingerprint density at radius 3 is 2.41 bits per heavy atom. The summed E-state index contributed by atoms with van der Waals surface area (Å²) in [6.45, 7) is 6.82. The van der Waals surface area contributed by atoms with E-state index in [0.717, 1.165) is 38.5 Å². The molecule has 144 valence electrons. The molecule has 2 aromatic rings. The Labute approximate surface area is 161 Å². The number of anilines is 2. The van der Waals surface area contributed by atoms with Crippen molar-refractivity contribution in [2.24, 2.45) is 0 Å². The molecule has 3 rings (SSSR count). The van der Waals surface area contributed by atoms with E-state index in [0.29, 0.717) is 18.1 Å². The van der Waals surface area contributed by atoms with Crippen LogP contribution in [-0.4, -0.2) is 74.1 Å². The van der Waals surface area contributed by atoms with E-state index < -0.39 is 0 Å². The number of piperazine rings is 1. The highest BCUT2D eigenvalue weighted by molar-refractivity contribution is 5.93. The molecule has 1 aromatic heterocycles. The van der Waals surface area contributed by atoms with E-state index in [2.05, 4.69) is 49.4 Å². The Balaban J connectivity index is 1.63. The first-order valence-electron chi connectivity index (χ1n) is 9.36. The van der Waals surface area contributed by atoms with Crippen LogP contribution in [0.1, 0.15) is 16.3 Å². The maximum atomic E-state index is 12.4. The summed E-state index contributed by atoms with van der Waals surface area (Å²) in [6.07, 6.45) is 0. The predicted molar refractivity (Wildman–Crippen MR) is 109 cm³/mol. The monoisotopic (exact) mass is 368 g/mol. The molecule has 0 saturated carbocycles. The Morgan fingerprint density at radius 1 is 1.07 bits per heavy atom. The Hall–Kier alpha value is -2.67. The van der Waals surface area contributed by atoms with E-state index >= 15 is 0 Å². The molecule has 2 heterocycles. The molecule has 1 aromatic carbocycles. The van der Waals surface area contributed by atoms with Crippen LogP contribution in [0.4, 0.5) is 11.5 Å². The smallest absolute Gasteiger partial charge is 0.270 e. The van der Waals surface area contributed by atoms with Gasteiger partial charge in [0.15, 0.2) is 0 Å². The van der Waals surface area contributed by atoms with E-state index in [-0.39, 0.29) is 5.91 Å². The number of carbonyl (C=O) groups is 1. The highest BCUT2D eigenvalue weighted by Gasteiger charge is 2.20. The van der Waals surface area contributed by atoms with Crippen molar-refractivity contribution >= 4 is 17.4 Å². The molecule has 1 aliphatic heterocycles. The first kappa shape index (κ1) is 19.1. The van der Waals surface area contributed by atoms with Crippen LogP contribution in [0.25, 0.3) is 0 Å². The molecule has 0 atom stereocenters. The SMILES string of the molecule is Cc1nc(C(=O)NCCN(C)C)cc(N2CCN(c3ccccc3)CC2)n1. The van der Waals surface area contributed by atoms with Crippen LogP contribution in [0.2, 0.25) is 0 Å². The molecule has 0 spiro atoms. The highest BCUT2D eigenvalue weighted by Crippen LogP contribution is 2.19. The van der Waals surface area contributed by atoms with Crippen molar-refractivity contribution in [2.45, 2.75) is 6.92 Å². The number of nitrogens with one attached hydrogen (secondary N) is 1. The maximum Gasteiger partial charge on any atom is 0.270 e. The van der Waals surface area contributed by atoms with Crippen molar-refractivity contribution in [3.63, 3.8) is 0 Å². The van der Waals surface area contributed by atoms with Gasteiger partial charge in [-0.15, -0.1) is 0 Å². The van der Waals surface area contributed by atoms with Crippen molar-refractivity contribution < 1.29 is 4.79 Å². The molecule has 1 N–H and O–H groups in total. The first-order chi connectivity index (χ1) is 13.0. The first-order valence-corrected chi connectivity index (χ1v) is 9.36. The zero-order chi connectivity index (χ0) is 19.2. The van der Waals surface area contributed by atoms with Gasteiger partial charge >= 0.3 is 0 Å². The van der Waals surface area contributed by atoms with Gasteiger partial charge in [-0.1, -0.05) is 18.2 Å². The van der Waals surface area contributed by atoms with Crippen LogP contribution in [0.15, 0.2) is 36.4 Å². The summed E-state index contributed by atoms with van der Waals surface area (Å²) in [7, 11) is 3.96. The van der Waals surface area contributed by atoms with Gasteiger partial charge in [0.05, 0.1) is 0 Å². The quantitative estimate of drug-likeness (QED) is 0.832. The Morgan fingerprint density at radius 2 is 1.74 bits per heavy atom. The fraction of sp³-hybridized carbons (Fsp3) is 0.450. The van der Waals surface area contributed by atoms with Crippen molar-refractivity contribution in [3.8, 4) is 0 Å². The number of hydrogen-bond donors (Lipinski definition) is 1. The number of aromatic nitrogens is 2. The number of nitrogens with zero attached hydrogens (tertiary/aromatic N) is 5. The molecule has 7 nitrogen and oxygen atoms in total. The molecule has 27 heavy (non-hydrogen) atoms. The van der Waals surface area contributed by atoms with Crippen molar-refractivity contribution in [1.82, 2.24) is 20.2 Å². The standard InChI is InChI=1S/C20H28N6O/c1-16-22-18(20(27)21-9-10-24(2)3)15-19(23-16)26-13-11-25(12-14-26)17-7-5-4-6-8-17/h4-8,15H,9-14H2,1-3H3,(H,21,27). The minimum atomic E-state index is -0.147. The lowest BCUT2D eigenvalue weighted by molar-refractivity contribution is 0.0945. The van der Waals surface area contributed by atoms with E-state index in [1.54, 1.807) is 6.07 Å². The number of carbonyl (C=O) groups excluding carboxylic acids is 1. The van der Waals surface area contributed by atoms with Crippen LogP contribution < -0.4 is 15.1 Å². The maximum absolute atomic E-state index is 12.4. The number of rotatable bonds is 6. The summed E-state index contributed by atoms with van der Waals surface area (Å²) < 4.78 is 0. The normalized spacial score (nSPS) is 14.5. The minimum Gasteiger partial charge on any atom is -0.368 e. The second-order valence-electron chi connectivity index (χ2n) is 7.03. The third-order valence-corrected chi connectivity index (χ3v) is 4.63. The van der Waals surface area contributed by atoms with E-state index in [1.807, 2.05) is 32.0 Å².